The van der Waals surface area contributed by atoms with Gasteiger partial charge in [-0.1, -0.05) is 6.07 Å². The summed E-state index contributed by atoms with van der Waals surface area (Å²) in [5.74, 6) is 2.64. The highest BCUT2D eigenvalue weighted by Crippen LogP contribution is 2.43. The number of ether oxygens (including phenoxy) is 1. The van der Waals surface area contributed by atoms with Gasteiger partial charge in [0.25, 0.3) is 0 Å². The van der Waals surface area contributed by atoms with E-state index in [0.717, 1.165) is 85.9 Å². The summed E-state index contributed by atoms with van der Waals surface area (Å²) in [6, 6.07) is 7.38. The number of pyridine rings is 2. The summed E-state index contributed by atoms with van der Waals surface area (Å²) < 4.78 is 5.47. The third-order valence-corrected chi connectivity index (χ3v) is 9.82. The van der Waals surface area contributed by atoms with Crippen molar-refractivity contribution in [3.8, 4) is 0 Å². The monoisotopic (exact) mass is 526 g/mol. The van der Waals surface area contributed by atoms with E-state index in [0.29, 0.717) is 23.9 Å². The van der Waals surface area contributed by atoms with Crippen molar-refractivity contribution in [1.29, 1.82) is 0 Å². The molecule has 39 heavy (non-hydrogen) atoms. The van der Waals surface area contributed by atoms with Gasteiger partial charge in [-0.25, -0.2) is 19.9 Å². The lowest BCUT2D eigenvalue weighted by atomic mass is 9.91. The number of carbonyl (C=O) groups is 1. The third-order valence-electron chi connectivity index (χ3n) is 9.82. The molecule has 4 fully saturated rings. The molecule has 0 unspecified atom stereocenters. The van der Waals surface area contributed by atoms with E-state index in [9.17, 15) is 4.79 Å². The van der Waals surface area contributed by atoms with Crippen molar-refractivity contribution in [2.45, 2.75) is 68.7 Å². The number of hydrogen-bond donors (Lipinski definition) is 1. The van der Waals surface area contributed by atoms with E-state index >= 15 is 0 Å². The van der Waals surface area contributed by atoms with Crippen LogP contribution in [0.4, 0.5) is 17.6 Å². The molecule has 5 aliphatic rings. The summed E-state index contributed by atoms with van der Waals surface area (Å²) in [6.45, 7) is 3.99. The largest absolute Gasteiger partial charge is 0.380 e. The van der Waals surface area contributed by atoms with Crippen LogP contribution in [0, 0.1) is 0 Å². The first-order chi connectivity index (χ1) is 19.1. The number of likely N-dealkylation sites (tertiary alicyclic amines) is 1. The van der Waals surface area contributed by atoms with Crippen LogP contribution in [0.15, 0.2) is 24.4 Å². The standard InChI is InChI=1S/C29H34N8O2/c1-35-11-9-29(35,17-38)36-10-8-23-18(14-36)2-7-25(31-23)33-28-30-13-19-12-24(20-15-39-16-20)32-27(26(19)34-28)37-21-3-4-22(37)6-5-21/h2,7,12-13,17,20-22H,3-6,8-11,14-16H2,1H3,(H,30,31,33,34)/t21?,22?,29-/m0/s1. The van der Waals surface area contributed by atoms with Gasteiger partial charge in [0, 0.05) is 61.3 Å². The summed E-state index contributed by atoms with van der Waals surface area (Å²) in [5.41, 5.74) is 3.79. The highest BCUT2D eigenvalue weighted by atomic mass is 16.5. The fourth-order valence-corrected chi connectivity index (χ4v) is 7.28. The Morgan fingerprint density at radius 2 is 1.90 bits per heavy atom. The number of nitrogens with one attached hydrogen (secondary N) is 1. The first-order valence-electron chi connectivity index (χ1n) is 14.3. The average molecular weight is 527 g/mol. The maximum Gasteiger partial charge on any atom is 0.229 e. The van der Waals surface area contributed by atoms with Crippen LogP contribution in [0.1, 0.15) is 55.0 Å². The van der Waals surface area contributed by atoms with Crippen LogP contribution in [0.5, 0.6) is 0 Å². The Labute approximate surface area is 227 Å². The molecule has 3 aromatic heterocycles. The van der Waals surface area contributed by atoms with Gasteiger partial charge in [-0.2, -0.15) is 0 Å². The molecule has 10 nitrogen and oxygen atoms in total. The van der Waals surface area contributed by atoms with Crippen LogP contribution >= 0.6 is 0 Å². The molecule has 5 aliphatic heterocycles. The van der Waals surface area contributed by atoms with Gasteiger partial charge in [0.1, 0.15) is 17.0 Å². The van der Waals surface area contributed by atoms with Crippen LogP contribution in [-0.4, -0.2) is 87.1 Å². The SMILES string of the molecule is CN1CC[C@@]1(C=O)N1CCc2nc(Nc3ncc4cc(C5COC5)nc(N5C6CCC5CC6)c4n3)ccc2C1. The molecular formula is C29H34N8O2. The Morgan fingerprint density at radius 3 is 2.56 bits per heavy atom. The summed E-state index contributed by atoms with van der Waals surface area (Å²) in [5, 5.41) is 4.40. The van der Waals surface area contributed by atoms with Gasteiger partial charge < -0.3 is 15.0 Å². The molecule has 3 aromatic rings. The molecule has 8 rings (SSSR count). The minimum absolute atomic E-state index is 0.355. The summed E-state index contributed by atoms with van der Waals surface area (Å²) in [6.07, 6.45) is 9.68. The first-order valence-corrected chi connectivity index (χ1v) is 14.3. The Bertz CT molecular complexity index is 1440. The smallest absolute Gasteiger partial charge is 0.229 e. The predicted molar refractivity (Wildman–Crippen MR) is 147 cm³/mol. The molecule has 0 aromatic carbocycles. The Hall–Kier alpha value is -3.21. The van der Waals surface area contributed by atoms with Crippen LogP contribution in [0.2, 0.25) is 0 Å². The molecule has 1 atom stereocenters. The van der Waals surface area contributed by atoms with Crippen LogP contribution < -0.4 is 10.2 Å². The Morgan fingerprint density at radius 1 is 1.08 bits per heavy atom. The fraction of sp³-hybridized carbons (Fsp3) is 0.552. The van der Waals surface area contributed by atoms with Crippen molar-refractivity contribution in [3.63, 3.8) is 0 Å². The molecule has 0 aliphatic carbocycles. The predicted octanol–water partition coefficient (Wildman–Crippen LogP) is 3.00. The van der Waals surface area contributed by atoms with E-state index in [1.54, 1.807) is 0 Å². The number of aromatic nitrogens is 4. The minimum atomic E-state index is -0.459. The summed E-state index contributed by atoms with van der Waals surface area (Å²) >= 11 is 0. The molecule has 0 radical (unpaired) electrons. The molecule has 0 spiro atoms. The number of aldehydes is 1. The molecule has 0 amide bonds. The van der Waals surface area contributed by atoms with Gasteiger partial charge >= 0.3 is 0 Å². The summed E-state index contributed by atoms with van der Waals surface area (Å²) in [4.78, 5) is 38.7. The molecular weight excluding hydrogens is 492 g/mol. The quantitative estimate of drug-likeness (QED) is 0.483. The second-order valence-electron chi connectivity index (χ2n) is 11.9. The highest BCUT2D eigenvalue weighted by Gasteiger charge is 2.48. The summed E-state index contributed by atoms with van der Waals surface area (Å²) in [7, 11) is 2.03. The van der Waals surface area contributed by atoms with Crippen molar-refractivity contribution in [1.82, 2.24) is 29.7 Å². The van der Waals surface area contributed by atoms with Crippen molar-refractivity contribution >= 4 is 34.8 Å². The lowest BCUT2D eigenvalue weighted by Gasteiger charge is -2.54. The van der Waals surface area contributed by atoms with E-state index in [-0.39, 0.29) is 0 Å². The topological polar surface area (TPSA) is 99.6 Å². The third kappa shape index (κ3) is 3.68. The number of fused-ring (bicyclic) bond motifs is 4. The molecule has 10 heteroatoms. The van der Waals surface area contributed by atoms with Crippen molar-refractivity contribution in [2.75, 3.05) is 43.6 Å². The van der Waals surface area contributed by atoms with E-state index in [4.69, 9.17) is 19.7 Å². The zero-order chi connectivity index (χ0) is 26.1. The van der Waals surface area contributed by atoms with Gasteiger partial charge in [0.05, 0.1) is 18.9 Å². The lowest BCUT2D eigenvalue weighted by Crippen LogP contribution is -2.69. The Balaban J connectivity index is 1.08. The number of hydrogen-bond acceptors (Lipinski definition) is 10. The second kappa shape index (κ2) is 8.90. The average Bonchev–Trinajstić information content (AvgIpc) is 3.52. The molecule has 2 bridgehead atoms. The fourth-order valence-electron chi connectivity index (χ4n) is 7.28. The maximum absolute atomic E-state index is 12.0. The van der Waals surface area contributed by atoms with E-state index < -0.39 is 5.66 Å². The molecule has 1 N–H and O–H groups in total. The zero-order valence-corrected chi connectivity index (χ0v) is 22.3. The Kier molecular flexibility index (Phi) is 5.40. The molecule has 202 valence electrons. The minimum Gasteiger partial charge on any atom is -0.380 e. The normalized spacial score (nSPS) is 28.8. The van der Waals surface area contributed by atoms with Crippen LogP contribution in [0.25, 0.3) is 10.9 Å². The van der Waals surface area contributed by atoms with Gasteiger partial charge in [-0.15, -0.1) is 0 Å². The van der Waals surface area contributed by atoms with Crippen LogP contribution in [-0.2, 0) is 22.5 Å². The molecule has 8 heterocycles. The van der Waals surface area contributed by atoms with E-state index in [1.807, 2.05) is 19.3 Å². The number of anilines is 3. The lowest BCUT2D eigenvalue weighted by molar-refractivity contribution is -0.153. The first kappa shape index (κ1) is 23.7. The second-order valence-corrected chi connectivity index (χ2v) is 11.9. The van der Waals surface area contributed by atoms with Gasteiger partial charge in [-0.05, 0) is 56.8 Å². The van der Waals surface area contributed by atoms with E-state index in [2.05, 4.69) is 37.1 Å². The number of likely N-dealkylation sites (N-methyl/N-ethyl adjacent to an activating group) is 1. The van der Waals surface area contributed by atoms with Crippen molar-refractivity contribution in [3.05, 3.63) is 41.3 Å². The zero-order valence-electron chi connectivity index (χ0n) is 22.3. The maximum atomic E-state index is 12.0. The molecule has 4 saturated heterocycles. The van der Waals surface area contributed by atoms with Crippen LogP contribution in [0.3, 0.4) is 0 Å². The number of nitrogens with zero attached hydrogens (tertiary/aromatic N) is 7. The van der Waals surface area contributed by atoms with Crippen molar-refractivity contribution < 1.29 is 9.53 Å². The van der Waals surface area contributed by atoms with Gasteiger partial charge in [0.2, 0.25) is 5.95 Å². The highest BCUT2D eigenvalue weighted by molar-refractivity contribution is 5.90. The number of carbonyl (C=O) groups excluding carboxylic acids is 1. The van der Waals surface area contributed by atoms with Gasteiger partial charge in [0.15, 0.2) is 12.1 Å². The number of rotatable bonds is 6. The van der Waals surface area contributed by atoms with E-state index in [1.165, 1.54) is 31.2 Å². The van der Waals surface area contributed by atoms with Gasteiger partial charge in [-0.3, -0.25) is 14.6 Å². The van der Waals surface area contributed by atoms with Crippen molar-refractivity contribution in [2.24, 2.45) is 0 Å². The molecule has 0 saturated carbocycles.